The van der Waals surface area contributed by atoms with Crippen LogP contribution in [0.15, 0.2) is 24.3 Å². The Hall–Kier alpha value is -1.88. The van der Waals surface area contributed by atoms with Crippen molar-refractivity contribution >= 4 is 28.6 Å². The first kappa shape index (κ1) is 12.2. The van der Waals surface area contributed by atoms with Gasteiger partial charge in [-0.05, 0) is 43.0 Å². The molecule has 1 aromatic carbocycles. The molecule has 19 heavy (non-hydrogen) atoms. The number of aryl methyl sites for hydroxylation is 2. The molecule has 0 spiro atoms. The van der Waals surface area contributed by atoms with Gasteiger partial charge in [-0.3, -0.25) is 4.79 Å². The lowest BCUT2D eigenvalue weighted by atomic mass is 10.2. The van der Waals surface area contributed by atoms with Gasteiger partial charge in [0.2, 0.25) is 0 Å². The van der Waals surface area contributed by atoms with Crippen molar-refractivity contribution in [3.8, 4) is 0 Å². The van der Waals surface area contributed by atoms with Gasteiger partial charge in [-0.25, -0.2) is 4.39 Å². The van der Waals surface area contributed by atoms with Crippen LogP contribution in [0, 0.1) is 5.82 Å². The number of carbonyl (C=O) groups is 1. The van der Waals surface area contributed by atoms with Gasteiger partial charge in [-0.2, -0.15) is 0 Å². The molecule has 2 aromatic rings. The molecule has 0 saturated heterocycles. The van der Waals surface area contributed by atoms with E-state index in [0.717, 1.165) is 19.3 Å². The average Bonchev–Trinajstić information content (AvgIpc) is 2.94. The van der Waals surface area contributed by atoms with Crippen LogP contribution in [0.2, 0.25) is 0 Å². The number of nitrogen functional groups attached to an aromatic ring is 1. The van der Waals surface area contributed by atoms with Crippen LogP contribution in [0.3, 0.4) is 0 Å². The summed E-state index contributed by atoms with van der Waals surface area (Å²) in [7, 11) is 0. The second kappa shape index (κ2) is 4.66. The normalized spacial score (nSPS) is 13.3. The highest BCUT2D eigenvalue weighted by atomic mass is 32.1. The van der Waals surface area contributed by atoms with Crippen LogP contribution < -0.4 is 11.1 Å². The van der Waals surface area contributed by atoms with Gasteiger partial charge in [0.25, 0.3) is 5.91 Å². The van der Waals surface area contributed by atoms with Crippen molar-refractivity contribution in [1.82, 2.24) is 0 Å². The van der Waals surface area contributed by atoms with Crippen molar-refractivity contribution in [1.29, 1.82) is 0 Å². The van der Waals surface area contributed by atoms with Crippen LogP contribution in [0.5, 0.6) is 0 Å². The molecule has 0 aliphatic heterocycles. The third kappa shape index (κ3) is 2.21. The third-order valence-electron chi connectivity index (χ3n) is 3.25. The second-order valence-corrected chi connectivity index (χ2v) is 5.71. The summed E-state index contributed by atoms with van der Waals surface area (Å²) in [4.78, 5) is 14.0. The van der Waals surface area contributed by atoms with Crippen molar-refractivity contribution < 1.29 is 9.18 Å². The molecule has 98 valence electrons. The molecule has 0 atom stereocenters. The van der Waals surface area contributed by atoms with E-state index >= 15 is 0 Å². The number of anilines is 2. The number of benzene rings is 1. The summed E-state index contributed by atoms with van der Waals surface area (Å²) in [5.74, 6) is -0.811. The first-order valence-electron chi connectivity index (χ1n) is 6.12. The maximum Gasteiger partial charge on any atom is 0.265 e. The van der Waals surface area contributed by atoms with Gasteiger partial charge in [-0.1, -0.05) is 6.07 Å². The van der Waals surface area contributed by atoms with E-state index in [2.05, 4.69) is 5.32 Å². The predicted molar refractivity (Wildman–Crippen MR) is 75.1 cm³/mol. The number of halogens is 1. The van der Waals surface area contributed by atoms with E-state index in [1.54, 1.807) is 6.07 Å². The van der Waals surface area contributed by atoms with E-state index < -0.39 is 5.82 Å². The number of thiophene rings is 1. The molecule has 0 fully saturated rings. The van der Waals surface area contributed by atoms with Crippen LogP contribution in [0.1, 0.15) is 26.5 Å². The Morgan fingerprint density at radius 1 is 1.37 bits per heavy atom. The fourth-order valence-electron chi connectivity index (χ4n) is 2.29. The molecule has 0 radical (unpaired) electrons. The number of rotatable bonds is 2. The Labute approximate surface area is 114 Å². The highest BCUT2D eigenvalue weighted by Crippen LogP contribution is 2.31. The first-order chi connectivity index (χ1) is 9.15. The summed E-state index contributed by atoms with van der Waals surface area (Å²) < 4.78 is 13.6. The van der Waals surface area contributed by atoms with Crippen molar-refractivity contribution in [2.75, 3.05) is 11.1 Å². The Kier molecular flexibility index (Phi) is 2.98. The number of nitrogens with one attached hydrogen (secondary N) is 1. The Morgan fingerprint density at radius 2 is 2.21 bits per heavy atom. The Balaban J connectivity index is 1.85. The number of nitrogens with two attached hydrogens (primary N) is 1. The molecule has 1 heterocycles. The lowest BCUT2D eigenvalue weighted by molar-refractivity contribution is 0.103. The molecule has 5 heteroatoms. The van der Waals surface area contributed by atoms with Crippen molar-refractivity contribution in [3.63, 3.8) is 0 Å². The van der Waals surface area contributed by atoms with Gasteiger partial charge in [-0.15, -0.1) is 11.3 Å². The molecule has 1 aliphatic carbocycles. The summed E-state index contributed by atoms with van der Waals surface area (Å²) in [6.45, 7) is 0. The summed E-state index contributed by atoms with van der Waals surface area (Å²) >= 11 is 1.49. The summed E-state index contributed by atoms with van der Waals surface area (Å²) in [6, 6.07) is 6.26. The molecule has 0 bridgehead atoms. The number of amides is 1. The van der Waals surface area contributed by atoms with Gasteiger partial charge < -0.3 is 11.1 Å². The summed E-state index contributed by atoms with van der Waals surface area (Å²) in [6.07, 6.45) is 3.22. The monoisotopic (exact) mass is 276 g/mol. The van der Waals surface area contributed by atoms with E-state index in [0.29, 0.717) is 4.88 Å². The number of hydrogen-bond donors (Lipinski definition) is 2. The molecular weight excluding hydrogens is 263 g/mol. The highest BCUT2D eigenvalue weighted by molar-refractivity contribution is 7.14. The molecule has 0 saturated carbocycles. The predicted octanol–water partition coefficient (Wildman–Crippen LogP) is 3.21. The third-order valence-corrected chi connectivity index (χ3v) is 4.49. The zero-order valence-electron chi connectivity index (χ0n) is 10.2. The Morgan fingerprint density at radius 3 is 2.95 bits per heavy atom. The van der Waals surface area contributed by atoms with Gasteiger partial charge in [0, 0.05) is 4.88 Å². The van der Waals surface area contributed by atoms with Crippen LogP contribution in [-0.4, -0.2) is 5.91 Å². The maximum atomic E-state index is 13.6. The van der Waals surface area contributed by atoms with Gasteiger partial charge in [0.1, 0.15) is 11.5 Å². The van der Waals surface area contributed by atoms with Crippen LogP contribution in [-0.2, 0) is 12.8 Å². The first-order valence-corrected chi connectivity index (χ1v) is 6.94. The molecule has 1 aliphatic rings. The van der Waals surface area contributed by atoms with E-state index in [1.165, 1.54) is 33.9 Å². The molecule has 3 rings (SSSR count). The minimum Gasteiger partial charge on any atom is -0.397 e. The highest BCUT2D eigenvalue weighted by Gasteiger charge is 2.19. The molecule has 3 N–H and O–H groups in total. The fourth-order valence-corrected chi connectivity index (χ4v) is 3.44. The number of hydrogen-bond acceptors (Lipinski definition) is 3. The summed E-state index contributed by atoms with van der Waals surface area (Å²) in [5.41, 5.74) is 7.21. The van der Waals surface area contributed by atoms with E-state index in [1.807, 2.05) is 6.07 Å². The zero-order valence-corrected chi connectivity index (χ0v) is 11.0. The molecule has 1 amide bonds. The van der Waals surface area contributed by atoms with Gasteiger partial charge >= 0.3 is 0 Å². The van der Waals surface area contributed by atoms with Crippen LogP contribution in [0.4, 0.5) is 15.8 Å². The molecular formula is C14H13FN2OS. The fraction of sp³-hybridized carbons (Fsp3) is 0.214. The minimum absolute atomic E-state index is 0.0565. The minimum atomic E-state index is -0.516. The van der Waals surface area contributed by atoms with Crippen molar-refractivity contribution in [2.45, 2.75) is 19.3 Å². The maximum absolute atomic E-state index is 13.6. The van der Waals surface area contributed by atoms with Gasteiger partial charge in [0.15, 0.2) is 0 Å². The van der Waals surface area contributed by atoms with Crippen LogP contribution >= 0.6 is 11.3 Å². The standard InChI is InChI=1S/C14H13FN2OS/c15-9-4-2-5-10(16)13(9)17-14(18)12-7-8-3-1-6-11(8)19-12/h2,4-5,7H,1,3,6,16H2,(H,17,18). The van der Waals surface area contributed by atoms with Crippen LogP contribution in [0.25, 0.3) is 0 Å². The number of carbonyl (C=O) groups excluding carboxylic acids is 1. The van der Waals surface area contributed by atoms with Crippen molar-refractivity contribution in [2.24, 2.45) is 0 Å². The molecule has 3 nitrogen and oxygen atoms in total. The smallest absolute Gasteiger partial charge is 0.265 e. The SMILES string of the molecule is Nc1cccc(F)c1NC(=O)c1cc2c(s1)CCC2. The van der Waals surface area contributed by atoms with E-state index in [-0.39, 0.29) is 17.3 Å². The number of para-hydroxylation sites is 1. The lowest BCUT2D eigenvalue weighted by Crippen LogP contribution is -2.13. The zero-order chi connectivity index (χ0) is 13.4. The summed E-state index contributed by atoms with van der Waals surface area (Å²) in [5, 5.41) is 2.55. The second-order valence-electron chi connectivity index (χ2n) is 4.57. The van der Waals surface area contributed by atoms with E-state index in [4.69, 9.17) is 5.73 Å². The van der Waals surface area contributed by atoms with E-state index in [9.17, 15) is 9.18 Å². The largest absolute Gasteiger partial charge is 0.397 e. The van der Waals surface area contributed by atoms with Gasteiger partial charge in [0.05, 0.1) is 10.6 Å². The lowest BCUT2D eigenvalue weighted by Gasteiger charge is -2.07. The topological polar surface area (TPSA) is 55.1 Å². The molecule has 1 aromatic heterocycles. The van der Waals surface area contributed by atoms with Crippen molar-refractivity contribution in [3.05, 3.63) is 45.4 Å². The average molecular weight is 276 g/mol. The number of fused-ring (bicyclic) bond motifs is 1. The quantitative estimate of drug-likeness (QED) is 0.827. The molecule has 0 unspecified atom stereocenters. The Bertz CT molecular complexity index is 609.